The Morgan fingerprint density at radius 3 is 3.00 bits per heavy atom. The number of aliphatic hydroxyl groups is 1. The van der Waals surface area contributed by atoms with Crippen LogP contribution in [-0.4, -0.2) is 45.3 Å². The minimum Gasteiger partial charge on any atom is -0.390 e. The summed E-state index contributed by atoms with van der Waals surface area (Å²) in [6.07, 6.45) is 4.35. The SMILES string of the molecule is CCc1cc2c(=O)n(CC(O)CN(C)C3CC3)cnc2s1. The number of rotatable bonds is 6. The Balaban J connectivity index is 1.76. The number of likely N-dealkylation sites (N-methyl/N-ethyl adjacent to an activating group) is 1. The molecule has 2 aromatic rings. The largest absolute Gasteiger partial charge is 0.390 e. The van der Waals surface area contributed by atoms with Crippen LogP contribution >= 0.6 is 11.3 Å². The lowest BCUT2D eigenvalue weighted by atomic mass is 10.3. The van der Waals surface area contributed by atoms with Crippen LogP contribution in [0.5, 0.6) is 0 Å². The van der Waals surface area contributed by atoms with Crippen molar-refractivity contribution < 1.29 is 5.11 Å². The molecule has 1 atom stereocenters. The van der Waals surface area contributed by atoms with Gasteiger partial charge in [-0.3, -0.25) is 9.36 Å². The maximum Gasteiger partial charge on any atom is 0.262 e. The quantitative estimate of drug-likeness (QED) is 0.878. The van der Waals surface area contributed by atoms with Crippen molar-refractivity contribution in [2.45, 2.75) is 44.9 Å². The van der Waals surface area contributed by atoms with E-state index in [1.54, 1.807) is 17.7 Å². The Hall–Kier alpha value is -1.24. The highest BCUT2D eigenvalue weighted by Crippen LogP contribution is 2.25. The van der Waals surface area contributed by atoms with E-state index in [1.165, 1.54) is 22.3 Å². The second-order valence-corrected chi connectivity index (χ2v) is 6.93. The summed E-state index contributed by atoms with van der Waals surface area (Å²) in [7, 11) is 2.03. The fraction of sp³-hybridized carbons (Fsp3) is 0.600. The summed E-state index contributed by atoms with van der Waals surface area (Å²) in [5.41, 5.74) is -0.0518. The number of aryl methyl sites for hydroxylation is 1. The molecule has 3 rings (SSSR count). The van der Waals surface area contributed by atoms with Gasteiger partial charge in [-0.25, -0.2) is 4.98 Å². The van der Waals surface area contributed by atoms with Gasteiger partial charge in [0, 0.05) is 17.5 Å². The number of fused-ring (bicyclic) bond motifs is 1. The van der Waals surface area contributed by atoms with Crippen LogP contribution in [0.3, 0.4) is 0 Å². The molecule has 1 fully saturated rings. The van der Waals surface area contributed by atoms with Crippen LogP contribution in [0.2, 0.25) is 0 Å². The lowest BCUT2D eigenvalue weighted by Crippen LogP contribution is -2.36. The molecule has 1 aliphatic carbocycles. The fourth-order valence-electron chi connectivity index (χ4n) is 2.60. The summed E-state index contributed by atoms with van der Waals surface area (Å²) < 4.78 is 1.53. The summed E-state index contributed by atoms with van der Waals surface area (Å²) in [4.78, 5) is 20.9. The molecule has 0 radical (unpaired) electrons. The Kier molecular flexibility index (Phi) is 4.10. The van der Waals surface area contributed by atoms with Crippen LogP contribution in [0.15, 0.2) is 17.2 Å². The summed E-state index contributed by atoms with van der Waals surface area (Å²) in [6.45, 7) is 2.97. The molecule has 5 nitrogen and oxygen atoms in total. The highest BCUT2D eigenvalue weighted by atomic mass is 32.1. The second-order valence-electron chi connectivity index (χ2n) is 5.81. The monoisotopic (exact) mass is 307 g/mol. The maximum atomic E-state index is 12.4. The first-order valence-electron chi connectivity index (χ1n) is 7.44. The van der Waals surface area contributed by atoms with Crippen LogP contribution in [0.4, 0.5) is 0 Å². The molecule has 1 saturated carbocycles. The van der Waals surface area contributed by atoms with Gasteiger partial charge in [0.25, 0.3) is 5.56 Å². The smallest absolute Gasteiger partial charge is 0.262 e. The average molecular weight is 307 g/mol. The zero-order chi connectivity index (χ0) is 15.0. The predicted molar refractivity (Wildman–Crippen MR) is 84.9 cm³/mol. The van der Waals surface area contributed by atoms with E-state index in [-0.39, 0.29) is 5.56 Å². The molecule has 0 aromatic carbocycles. The Morgan fingerprint density at radius 2 is 2.33 bits per heavy atom. The summed E-state index contributed by atoms with van der Waals surface area (Å²) in [5.74, 6) is 0. The third-order valence-electron chi connectivity index (χ3n) is 3.99. The van der Waals surface area contributed by atoms with E-state index in [4.69, 9.17) is 0 Å². The average Bonchev–Trinajstić information content (AvgIpc) is 3.22. The van der Waals surface area contributed by atoms with Gasteiger partial charge < -0.3 is 10.0 Å². The molecule has 1 unspecified atom stereocenters. The Labute approximate surface area is 127 Å². The molecule has 2 heterocycles. The van der Waals surface area contributed by atoms with Crippen molar-refractivity contribution in [3.05, 3.63) is 27.6 Å². The van der Waals surface area contributed by atoms with Gasteiger partial charge in [0.15, 0.2) is 0 Å². The van der Waals surface area contributed by atoms with Gasteiger partial charge in [0.05, 0.1) is 24.4 Å². The van der Waals surface area contributed by atoms with E-state index in [0.717, 1.165) is 11.3 Å². The molecule has 0 bridgehead atoms. The molecular formula is C15H21N3O2S. The maximum absolute atomic E-state index is 12.4. The first-order valence-corrected chi connectivity index (χ1v) is 8.26. The lowest BCUT2D eigenvalue weighted by Gasteiger charge is -2.20. The topological polar surface area (TPSA) is 58.4 Å². The Morgan fingerprint density at radius 1 is 1.57 bits per heavy atom. The zero-order valence-corrected chi connectivity index (χ0v) is 13.3. The molecule has 21 heavy (non-hydrogen) atoms. The van der Waals surface area contributed by atoms with E-state index >= 15 is 0 Å². The first-order chi connectivity index (χ1) is 10.1. The predicted octanol–water partition coefficient (Wildman–Crippen LogP) is 1.48. The minimum atomic E-state index is -0.545. The van der Waals surface area contributed by atoms with Crippen molar-refractivity contribution >= 4 is 21.6 Å². The van der Waals surface area contributed by atoms with E-state index in [1.807, 2.05) is 13.1 Å². The van der Waals surface area contributed by atoms with Crippen LogP contribution < -0.4 is 5.56 Å². The first kappa shape index (κ1) is 14.7. The summed E-state index contributed by atoms with van der Waals surface area (Å²) >= 11 is 1.57. The van der Waals surface area contributed by atoms with Gasteiger partial charge in [-0.15, -0.1) is 11.3 Å². The molecular weight excluding hydrogens is 286 g/mol. The van der Waals surface area contributed by atoms with E-state index in [0.29, 0.717) is 24.5 Å². The van der Waals surface area contributed by atoms with E-state index in [2.05, 4.69) is 16.8 Å². The summed E-state index contributed by atoms with van der Waals surface area (Å²) in [6, 6.07) is 2.54. The van der Waals surface area contributed by atoms with Gasteiger partial charge in [0.1, 0.15) is 4.83 Å². The van der Waals surface area contributed by atoms with Crippen molar-refractivity contribution in [3.8, 4) is 0 Å². The zero-order valence-electron chi connectivity index (χ0n) is 12.5. The molecule has 6 heteroatoms. The van der Waals surface area contributed by atoms with Crippen molar-refractivity contribution in [1.82, 2.24) is 14.5 Å². The van der Waals surface area contributed by atoms with E-state index < -0.39 is 6.10 Å². The molecule has 0 aliphatic heterocycles. The number of aromatic nitrogens is 2. The normalized spacial score (nSPS) is 16.8. The number of aliphatic hydroxyl groups excluding tert-OH is 1. The van der Waals surface area contributed by atoms with Crippen LogP contribution in [0.1, 0.15) is 24.6 Å². The van der Waals surface area contributed by atoms with Gasteiger partial charge in [-0.05, 0) is 32.4 Å². The molecule has 0 spiro atoms. The number of hydrogen-bond acceptors (Lipinski definition) is 5. The van der Waals surface area contributed by atoms with Gasteiger partial charge in [-0.1, -0.05) is 6.92 Å². The van der Waals surface area contributed by atoms with Gasteiger partial charge in [-0.2, -0.15) is 0 Å². The van der Waals surface area contributed by atoms with Crippen LogP contribution in [0, 0.1) is 0 Å². The van der Waals surface area contributed by atoms with Crippen molar-refractivity contribution in [2.24, 2.45) is 0 Å². The molecule has 1 N–H and O–H groups in total. The number of nitrogens with zero attached hydrogens (tertiary/aromatic N) is 3. The molecule has 0 amide bonds. The lowest BCUT2D eigenvalue weighted by molar-refractivity contribution is 0.106. The summed E-state index contributed by atoms with van der Waals surface area (Å²) in [5, 5.41) is 10.8. The molecule has 2 aromatic heterocycles. The van der Waals surface area contributed by atoms with Crippen molar-refractivity contribution in [2.75, 3.05) is 13.6 Å². The van der Waals surface area contributed by atoms with Gasteiger partial charge in [0.2, 0.25) is 0 Å². The van der Waals surface area contributed by atoms with E-state index in [9.17, 15) is 9.90 Å². The number of thiophene rings is 1. The molecule has 1 aliphatic rings. The van der Waals surface area contributed by atoms with Crippen molar-refractivity contribution in [1.29, 1.82) is 0 Å². The van der Waals surface area contributed by atoms with Crippen molar-refractivity contribution in [3.63, 3.8) is 0 Å². The fourth-order valence-corrected chi connectivity index (χ4v) is 3.52. The third-order valence-corrected chi connectivity index (χ3v) is 5.18. The highest BCUT2D eigenvalue weighted by Gasteiger charge is 2.27. The standard InChI is InChI=1S/C15H21N3O2S/c1-3-12-6-13-14(21-12)16-9-18(15(13)20)8-11(19)7-17(2)10-4-5-10/h6,9-11,19H,3-5,7-8H2,1-2H3. The number of hydrogen-bond donors (Lipinski definition) is 1. The van der Waals surface area contributed by atoms with Crippen LogP contribution in [-0.2, 0) is 13.0 Å². The minimum absolute atomic E-state index is 0.0518. The molecule has 0 saturated heterocycles. The Bertz CT molecular complexity index is 690. The second kappa shape index (κ2) is 5.87. The highest BCUT2D eigenvalue weighted by molar-refractivity contribution is 7.18. The van der Waals surface area contributed by atoms with Gasteiger partial charge >= 0.3 is 0 Å². The van der Waals surface area contributed by atoms with Crippen LogP contribution in [0.25, 0.3) is 10.2 Å². The molecule has 114 valence electrons. The third kappa shape index (κ3) is 3.17.